The summed E-state index contributed by atoms with van der Waals surface area (Å²) in [6, 6.07) is 16.4. The van der Waals surface area contributed by atoms with Gasteiger partial charge >= 0.3 is 6.01 Å². The highest BCUT2D eigenvalue weighted by Crippen LogP contribution is 2.40. The molecule has 7 heterocycles. The van der Waals surface area contributed by atoms with Crippen molar-refractivity contribution in [3.05, 3.63) is 83.0 Å². The zero-order valence-corrected chi connectivity index (χ0v) is 40.0. The van der Waals surface area contributed by atoms with Crippen LogP contribution in [0.2, 0.25) is 5.02 Å². The Morgan fingerprint density at radius 2 is 1.77 bits per heavy atom. The highest BCUT2D eigenvalue weighted by molar-refractivity contribution is 6.33. The highest BCUT2D eigenvalue weighted by Gasteiger charge is 2.36. The summed E-state index contributed by atoms with van der Waals surface area (Å²) in [6.07, 6.45) is 15.0. The second-order valence-corrected chi connectivity index (χ2v) is 20.1. The number of likely N-dealkylation sites (N-methyl/N-ethyl adjacent to an activating group) is 1. The molecule has 0 amide bonds. The van der Waals surface area contributed by atoms with E-state index >= 15 is 8.78 Å². The minimum absolute atomic E-state index is 0.0263. The molecule has 14 nitrogen and oxygen atoms in total. The summed E-state index contributed by atoms with van der Waals surface area (Å²) in [5.74, 6) is 2.24. The number of benzene rings is 3. The van der Waals surface area contributed by atoms with Crippen molar-refractivity contribution < 1.29 is 28.1 Å². The van der Waals surface area contributed by atoms with E-state index in [1.54, 1.807) is 6.20 Å². The molecule has 1 saturated carbocycles. The zero-order valence-electron chi connectivity index (χ0n) is 39.3. The lowest BCUT2D eigenvalue weighted by Gasteiger charge is -2.34. The average Bonchev–Trinajstić information content (AvgIpc) is 4.03. The van der Waals surface area contributed by atoms with Gasteiger partial charge in [-0.05, 0) is 124 Å². The Kier molecular flexibility index (Phi) is 12.5. The third kappa shape index (κ3) is 9.35. The predicted molar refractivity (Wildman–Crippen MR) is 267 cm³/mol. The number of nitrogens with zero attached hydrogens (tertiary/aromatic N) is 8. The van der Waals surface area contributed by atoms with Gasteiger partial charge in [-0.25, -0.2) is 13.8 Å². The number of piperazine rings is 1. The quantitative estimate of drug-likeness (QED) is 0.0793. The maximum absolute atomic E-state index is 17.0. The van der Waals surface area contributed by atoms with Crippen LogP contribution in [-0.2, 0) is 0 Å². The summed E-state index contributed by atoms with van der Waals surface area (Å²) in [5.41, 5.74) is 3.02. The molecule has 3 aromatic carbocycles. The van der Waals surface area contributed by atoms with Gasteiger partial charge < -0.3 is 39.4 Å². The van der Waals surface area contributed by atoms with Crippen LogP contribution < -0.4 is 24.4 Å². The lowest BCUT2D eigenvalue weighted by atomic mass is 9.86. The van der Waals surface area contributed by atoms with Crippen LogP contribution in [0.15, 0.2) is 60.8 Å². The Hall–Kier alpha value is -6.38. The van der Waals surface area contributed by atoms with Crippen molar-refractivity contribution in [1.29, 1.82) is 0 Å². The normalized spacial score (nSPS) is 20.4. The summed E-state index contributed by atoms with van der Waals surface area (Å²) >= 11 is 6.66. The number of rotatable bonds is 16. The van der Waals surface area contributed by atoms with Gasteiger partial charge in [-0.2, -0.15) is 15.0 Å². The first-order valence-corrected chi connectivity index (χ1v) is 24.6. The number of imidazole rings is 1. The highest BCUT2D eigenvalue weighted by atomic mass is 35.5. The fourth-order valence-electron chi connectivity index (χ4n) is 10.4. The number of ether oxygens (including phenoxy) is 3. The van der Waals surface area contributed by atoms with E-state index in [9.17, 15) is 5.11 Å². The number of likely N-dealkylation sites (tertiary alicyclic amines) is 1. The molecule has 0 unspecified atom stereocenters. The van der Waals surface area contributed by atoms with E-state index in [1.807, 2.05) is 30.3 Å². The molecule has 3 atom stereocenters. The van der Waals surface area contributed by atoms with Crippen LogP contribution in [0, 0.1) is 29.4 Å². The van der Waals surface area contributed by atoms with E-state index < -0.39 is 11.6 Å². The van der Waals surface area contributed by atoms with Crippen molar-refractivity contribution in [1.82, 2.24) is 45.0 Å². The van der Waals surface area contributed by atoms with E-state index in [0.717, 1.165) is 81.5 Å². The van der Waals surface area contributed by atoms with Gasteiger partial charge in [0.15, 0.2) is 11.5 Å². The SMILES string of the molecule is C#Cc1c(F)ccc2cc(O)cc(-c3ncc4c(N5C[C@H]6CC[C@@H](C5)N6)nc(OCCN5CC[C@](C)(CCN(C)CCOc6ccc(-c7nc8nc(OC9CCC9)[nH]c8cc7Cl)cc6)C5)nc4c3F)c12. The molecule has 362 valence electrons. The second kappa shape index (κ2) is 19.1. The monoisotopic (exact) mass is 968 g/mol. The van der Waals surface area contributed by atoms with Crippen molar-refractivity contribution in [2.75, 3.05) is 71.0 Å². The number of halogens is 3. The number of hydrogen-bond acceptors (Lipinski definition) is 13. The van der Waals surface area contributed by atoms with Crippen LogP contribution >= 0.6 is 11.6 Å². The number of nitrogens with one attached hydrogen (secondary N) is 2. The van der Waals surface area contributed by atoms with Crippen LogP contribution in [0.4, 0.5) is 14.6 Å². The molecule has 1 aliphatic carbocycles. The van der Waals surface area contributed by atoms with Crippen LogP contribution in [0.25, 0.3) is 55.4 Å². The maximum atomic E-state index is 17.0. The number of pyridine rings is 2. The molecule has 3 saturated heterocycles. The van der Waals surface area contributed by atoms with Crippen molar-refractivity contribution >= 4 is 50.3 Å². The van der Waals surface area contributed by atoms with E-state index in [2.05, 4.69) is 59.8 Å². The molecular formula is C53H55ClF2N10O4. The van der Waals surface area contributed by atoms with Gasteiger partial charge in [0.25, 0.3) is 6.01 Å². The lowest BCUT2D eigenvalue weighted by Crippen LogP contribution is -2.51. The lowest BCUT2D eigenvalue weighted by molar-refractivity contribution is 0.110. The number of anilines is 1. The Labute approximate surface area is 409 Å². The number of hydrogen-bond donors (Lipinski definition) is 3. The molecule has 11 rings (SSSR count). The second-order valence-electron chi connectivity index (χ2n) is 19.7. The third-order valence-electron chi connectivity index (χ3n) is 14.6. The molecule has 17 heteroatoms. The summed E-state index contributed by atoms with van der Waals surface area (Å²) in [6.45, 7) is 8.83. The fourth-order valence-corrected chi connectivity index (χ4v) is 10.7. The Bertz CT molecular complexity index is 3130. The molecule has 4 fully saturated rings. The minimum atomic E-state index is -0.739. The Balaban J connectivity index is 0.703. The van der Waals surface area contributed by atoms with Crippen molar-refractivity contribution in [3.63, 3.8) is 0 Å². The number of fused-ring (bicyclic) bond motifs is 5. The third-order valence-corrected chi connectivity index (χ3v) is 14.9. The van der Waals surface area contributed by atoms with Crippen molar-refractivity contribution in [2.24, 2.45) is 5.41 Å². The number of terminal acetylenes is 1. The molecule has 7 aromatic rings. The van der Waals surface area contributed by atoms with Crippen LogP contribution in [-0.4, -0.2) is 129 Å². The predicted octanol–water partition coefficient (Wildman–Crippen LogP) is 8.77. The molecule has 0 spiro atoms. The largest absolute Gasteiger partial charge is 0.508 e. The number of phenolic OH excluding ortho intramolecular Hbond substituents is 1. The smallest absolute Gasteiger partial charge is 0.319 e. The van der Waals surface area contributed by atoms with E-state index in [1.165, 1.54) is 30.7 Å². The van der Waals surface area contributed by atoms with E-state index in [4.69, 9.17) is 42.2 Å². The molecule has 0 radical (unpaired) electrons. The van der Waals surface area contributed by atoms with E-state index in [-0.39, 0.29) is 51.0 Å². The van der Waals surface area contributed by atoms with E-state index in [0.29, 0.717) is 83.9 Å². The zero-order chi connectivity index (χ0) is 48.1. The van der Waals surface area contributed by atoms with Gasteiger partial charge in [0.05, 0.1) is 27.2 Å². The first kappa shape index (κ1) is 46.0. The standard InChI is InChI=1S/C53H55ClF2N10O4/c1-4-38-42(55)15-10-32-24-35(67)25-39(44(32)38)47-45(56)48-40(27-57-47)50(66-28-33-11-12-34(29-66)58-33)63-51(61-48)69-23-21-65-19-17-53(2,30-65)16-18-64(3)20-22-68-36-13-8-31(9-14-36)46-41(54)26-43-49(60-46)62-52(59-43)70-37-6-5-7-37/h1,8-10,13-15,24-27,33-34,37,58,67H,5-7,11-12,16-23,28-30H2,2-3H3,(H,59,60,62)/t33-,34+,53-/m0/s1. The number of H-pyrrole nitrogens is 1. The number of phenols is 1. The van der Waals surface area contributed by atoms with Crippen LogP contribution in [0.1, 0.15) is 57.4 Å². The number of aromatic nitrogens is 6. The molecule has 3 aliphatic heterocycles. The van der Waals surface area contributed by atoms with Gasteiger partial charge in [-0.3, -0.25) is 9.88 Å². The molecule has 4 aliphatic rings. The average molecular weight is 970 g/mol. The summed E-state index contributed by atoms with van der Waals surface area (Å²) in [4.78, 5) is 33.4. The van der Waals surface area contributed by atoms with Gasteiger partial charge in [-0.15, -0.1) is 6.42 Å². The van der Waals surface area contributed by atoms with Gasteiger partial charge in [0.1, 0.15) is 53.7 Å². The number of aromatic amines is 1. The topological polar surface area (TPSA) is 150 Å². The fraction of sp³-hybridized carbons (Fsp3) is 0.415. The molecule has 3 N–H and O–H groups in total. The Morgan fingerprint density at radius 3 is 2.54 bits per heavy atom. The van der Waals surface area contributed by atoms with Gasteiger partial charge in [-0.1, -0.05) is 30.5 Å². The molecule has 4 aromatic heterocycles. The summed E-state index contributed by atoms with van der Waals surface area (Å²) in [5, 5.41) is 16.0. The summed E-state index contributed by atoms with van der Waals surface area (Å²) in [7, 11) is 2.13. The number of aromatic hydroxyl groups is 1. The Morgan fingerprint density at radius 1 is 0.957 bits per heavy atom. The first-order valence-electron chi connectivity index (χ1n) is 24.3. The van der Waals surface area contributed by atoms with Crippen molar-refractivity contribution in [3.8, 4) is 58.4 Å². The molecule has 2 bridgehead atoms. The van der Waals surface area contributed by atoms with Crippen LogP contribution in [0.3, 0.4) is 0 Å². The minimum Gasteiger partial charge on any atom is -0.508 e. The van der Waals surface area contributed by atoms with Crippen LogP contribution in [0.5, 0.6) is 23.5 Å². The van der Waals surface area contributed by atoms with Crippen molar-refractivity contribution in [2.45, 2.75) is 70.1 Å². The summed E-state index contributed by atoms with van der Waals surface area (Å²) < 4.78 is 50.4. The molecule has 70 heavy (non-hydrogen) atoms. The maximum Gasteiger partial charge on any atom is 0.319 e. The molecular weight excluding hydrogens is 914 g/mol. The van der Waals surface area contributed by atoms with Gasteiger partial charge in [0, 0.05) is 67.5 Å². The first-order chi connectivity index (χ1) is 34.0. The van der Waals surface area contributed by atoms with Gasteiger partial charge in [0.2, 0.25) is 0 Å².